The SMILES string of the molecule is C[Si](C)=[Zr]([CH]1C=Cc2ccccc21)[CH]1c2ccccc2-c2ccccc21.Cl.Cl. The summed E-state index contributed by atoms with van der Waals surface area (Å²) in [5.41, 5.74) is 8.96. The Bertz CT molecular complexity index is 1040. The van der Waals surface area contributed by atoms with Crippen molar-refractivity contribution in [2.45, 2.75) is 20.3 Å². The van der Waals surface area contributed by atoms with Crippen molar-refractivity contribution < 1.29 is 20.4 Å². The van der Waals surface area contributed by atoms with Gasteiger partial charge in [-0.1, -0.05) is 0 Å². The first-order valence-corrected chi connectivity index (χ1v) is 18.4. The predicted molar refractivity (Wildman–Crippen MR) is 124 cm³/mol. The molecule has 0 radical (unpaired) electrons. The molecule has 1 unspecified atom stereocenters. The Balaban J connectivity index is 0.00000112. The van der Waals surface area contributed by atoms with E-state index in [0.29, 0.717) is 3.63 Å². The fourth-order valence-corrected chi connectivity index (χ4v) is 24.1. The molecule has 5 rings (SSSR count). The predicted octanol–water partition coefficient (Wildman–Crippen LogP) is 7.24. The van der Waals surface area contributed by atoms with Crippen molar-refractivity contribution in [3.05, 3.63) is 101 Å². The van der Waals surface area contributed by atoms with Gasteiger partial charge < -0.3 is 0 Å². The molecule has 0 fully saturated rings. The van der Waals surface area contributed by atoms with Crippen LogP contribution in [-0.2, 0) is 20.4 Å². The van der Waals surface area contributed by atoms with E-state index in [1.54, 1.807) is 16.7 Å². The molecule has 0 nitrogen and oxygen atoms in total. The minimum atomic E-state index is -1.84. The van der Waals surface area contributed by atoms with Gasteiger partial charge in [-0.3, -0.25) is 0 Å². The van der Waals surface area contributed by atoms with Crippen LogP contribution in [0.5, 0.6) is 0 Å². The van der Waals surface area contributed by atoms with E-state index in [1.165, 1.54) is 16.7 Å². The Kier molecular flexibility index (Phi) is 6.88. The third-order valence-electron chi connectivity index (χ3n) is 5.86. The molecule has 0 bridgehead atoms. The molecule has 0 aliphatic heterocycles. The monoisotopic (exact) mass is 500 g/mol. The molecule has 0 amide bonds. The summed E-state index contributed by atoms with van der Waals surface area (Å²) in [6.07, 6.45) is 4.94. The Morgan fingerprint density at radius 1 is 0.679 bits per heavy atom. The smallest absolute Gasteiger partial charge is 0.147 e. The topological polar surface area (TPSA) is 0 Å². The molecule has 142 valence electrons. The third-order valence-corrected chi connectivity index (χ3v) is 25.0. The van der Waals surface area contributed by atoms with Crippen LogP contribution < -0.4 is 0 Å². The normalized spacial score (nSPS) is 15.7. The quantitative estimate of drug-likeness (QED) is 0.324. The summed E-state index contributed by atoms with van der Waals surface area (Å²) in [6, 6.07) is 27.5. The van der Waals surface area contributed by atoms with Gasteiger partial charge in [0.2, 0.25) is 0 Å². The first-order chi connectivity index (χ1) is 12.8. The molecular weight excluding hydrogens is 478 g/mol. The number of rotatable bonds is 2. The summed E-state index contributed by atoms with van der Waals surface area (Å²) in [5, 5.41) is 0. The van der Waals surface area contributed by atoms with Gasteiger partial charge in [-0.2, -0.15) is 0 Å². The van der Waals surface area contributed by atoms with E-state index >= 15 is 0 Å². The van der Waals surface area contributed by atoms with Crippen molar-refractivity contribution in [3.63, 3.8) is 0 Å². The molecule has 0 heterocycles. The Labute approximate surface area is 188 Å². The van der Waals surface area contributed by atoms with Gasteiger partial charge in [0.05, 0.1) is 0 Å². The molecule has 1 atom stereocenters. The molecule has 0 saturated carbocycles. The summed E-state index contributed by atoms with van der Waals surface area (Å²) in [4.78, 5) is 0. The van der Waals surface area contributed by atoms with E-state index in [2.05, 4.69) is 98.0 Å². The van der Waals surface area contributed by atoms with Crippen LogP contribution in [0.2, 0.25) is 13.1 Å². The first-order valence-electron chi connectivity index (χ1n) is 9.38. The number of hydrogen-bond acceptors (Lipinski definition) is 0. The van der Waals surface area contributed by atoms with E-state index < -0.39 is 20.4 Å². The van der Waals surface area contributed by atoms with Gasteiger partial charge in [-0.15, -0.1) is 24.8 Å². The summed E-state index contributed by atoms with van der Waals surface area (Å²) >= 11 is -1.84. The largest absolute Gasteiger partial charge is 0.147 e. The zero-order chi connectivity index (χ0) is 17.7. The summed E-state index contributed by atoms with van der Waals surface area (Å²) in [6.45, 7) is 5.16. The minimum Gasteiger partial charge on any atom is -0.147 e. The molecule has 2 aliphatic rings. The molecule has 0 spiro atoms. The summed E-state index contributed by atoms with van der Waals surface area (Å²) < 4.78 is 1.43. The molecule has 3 aromatic carbocycles. The average Bonchev–Trinajstić information content (AvgIpc) is 3.23. The van der Waals surface area contributed by atoms with Crippen molar-refractivity contribution in [3.8, 4) is 11.1 Å². The summed E-state index contributed by atoms with van der Waals surface area (Å²) in [5.74, 6) is 0. The van der Waals surface area contributed by atoms with Crippen molar-refractivity contribution in [2.24, 2.45) is 0 Å². The zero-order valence-electron chi connectivity index (χ0n) is 16.1. The van der Waals surface area contributed by atoms with Gasteiger partial charge in [-0.05, 0) is 0 Å². The molecule has 2 aliphatic carbocycles. The van der Waals surface area contributed by atoms with Crippen LogP contribution in [0.25, 0.3) is 17.2 Å². The first kappa shape index (κ1) is 21.8. The van der Waals surface area contributed by atoms with Gasteiger partial charge in [0.1, 0.15) is 0 Å². The van der Waals surface area contributed by atoms with Gasteiger partial charge >= 0.3 is 164 Å². The van der Waals surface area contributed by atoms with Crippen LogP contribution >= 0.6 is 24.8 Å². The second-order valence-corrected chi connectivity index (χ2v) is 25.5. The van der Waals surface area contributed by atoms with Crippen LogP contribution in [0.3, 0.4) is 0 Å². The molecule has 0 aromatic heterocycles. The number of allylic oxidation sites excluding steroid dienone is 1. The number of hydrogen-bond donors (Lipinski definition) is 0. The van der Waals surface area contributed by atoms with E-state index in [9.17, 15) is 0 Å². The molecule has 3 aromatic rings. The fourth-order valence-electron chi connectivity index (χ4n) is 4.79. The van der Waals surface area contributed by atoms with E-state index in [4.69, 9.17) is 0 Å². The van der Waals surface area contributed by atoms with Crippen molar-refractivity contribution in [2.75, 3.05) is 0 Å². The molecule has 0 N–H and O–H groups in total. The standard InChI is InChI=1S/C13H9.C9H7.C2H6Si.2ClH.Zr/c1-3-7-12-10(5-1)9-11-6-2-4-8-13(11)12;1-2-5-9-7-3-6-8(9)4-1;1-3-2;;;/h1-9H;1-7H;1-2H3;2*1H;. The average molecular weight is 503 g/mol. The van der Waals surface area contributed by atoms with Crippen molar-refractivity contribution in [1.82, 2.24) is 0 Å². The maximum absolute atomic E-state index is 2.58. The van der Waals surface area contributed by atoms with Crippen molar-refractivity contribution in [1.29, 1.82) is 0 Å². The Morgan fingerprint density at radius 2 is 1.18 bits per heavy atom. The fraction of sp³-hybridized carbons (Fsp3) is 0.167. The van der Waals surface area contributed by atoms with Gasteiger partial charge in [0.25, 0.3) is 0 Å². The molecule has 4 heteroatoms. The second-order valence-electron chi connectivity index (χ2n) is 7.53. The van der Waals surface area contributed by atoms with E-state index in [1.807, 2.05) is 0 Å². The molecular formula is C24H24Cl2SiZr. The maximum atomic E-state index is 2.58. The van der Waals surface area contributed by atoms with Gasteiger partial charge in [-0.25, -0.2) is 0 Å². The van der Waals surface area contributed by atoms with Crippen LogP contribution in [0.1, 0.15) is 29.5 Å². The number of benzene rings is 3. The van der Waals surface area contributed by atoms with Gasteiger partial charge in [0, 0.05) is 0 Å². The molecule has 0 saturated heterocycles. The Morgan fingerprint density at radius 3 is 1.75 bits per heavy atom. The molecule has 28 heavy (non-hydrogen) atoms. The Hall–Kier alpha value is -0.920. The summed E-state index contributed by atoms with van der Waals surface area (Å²) in [7, 11) is 0. The van der Waals surface area contributed by atoms with Crippen LogP contribution in [0, 0.1) is 0 Å². The third kappa shape index (κ3) is 3.43. The zero-order valence-corrected chi connectivity index (χ0v) is 21.1. The van der Waals surface area contributed by atoms with Gasteiger partial charge in [0.15, 0.2) is 0 Å². The van der Waals surface area contributed by atoms with Crippen LogP contribution in [0.4, 0.5) is 0 Å². The van der Waals surface area contributed by atoms with E-state index in [-0.39, 0.29) is 30.2 Å². The maximum Gasteiger partial charge on any atom is -0.147 e. The number of halogens is 2. The van der Waals surface area contributed by atoms with Crippen LogP contribution in [0.15, 0.2) is 78.9 Å². The van der Waals surface area contributed by atoms with Crippen molar-refractivity contribution >= 4 is 36.3 Å². The number of fused-ring (bicyclic) bond motifs is 4. The van der Waals surface area contributed by atoms with E-state index in [0.717, 1.165) is 3.63 Å². The second kappa shape index (κ2) is 8.84. The van der Waals surface area contributed by atoms with Crippen LogP contribution in [-0.4, -0.2) is 5.43 Å². The minimum absolute atomic E-state index is 0.